The van der Waals surface area contributed by atoms with Gasteiger partial charge in [0.15, 0.2) is 0 Å². The highest BCUT2D eigenvalue weighted by molar-refractivity contribution is 5.75. The van der Waals surface area contributed by atoms with Crippen molar-refractivity contribution in [2.75, 3.05) is 6.54 Å². The minimum atomic E-state index is -0.0618. The fourth-order valence-electron chi connectivity index (χ4n) is 2.91. The molecule has 1 saturated carbocycles. The second kappa shape index (κ2) is 7.41. The number of benzene rings is 1. The van der Waals surface area contributed by atoms with Gasteiger partial charge < -0.3 is 5.73 Å². The molecule has 4 heteroatoms. The van der Waals surface area contributed by atoms with Crippen molar-refractivity contribution >= 4 is 5.91 Å². The van der Waals surface area contributed by atoms with Crippen LogP contribution < -0.4 is 11.2 Å². The summed E-state index contributed by atoms with van der Waals surface area (Å²) in [6.07, 6.45) is 6.18. The lowest BCUT2D eigenvalue weighted by Gasteiger charge is -2.35. The van der Waals surface area contributed by atoms with Gasteiger partial charge >= 0.3 is 0 Å². The molecule has 0 aliphatic heterocycles. The molecule has 20 heavy (non-hydrogen) atoms. The summed E-state index contributed by atoms with van der Waals surface area (Å²) < 4.78 is 0. The highest BCUT2D eigenvalue weighted by Crippen LogP contribution is 2.38. The predicted octanol–water partition coefficient (Wildman–Crippen LogP) is 2.53. The van der Waals surface area contributed by atoms with E-state index in [1.165, 1.54) is 19.3 Å². The predicted molar refractivity (Wildman–Crippen MR) is 78.6 cm³/mol. The van der Waals surface area contributed by atoms with Gasteiger partial charge in [-0.2, -0.15) is 0 Å². The number of hydroxylamine groups is 1. The summed E-state index contributed by atoms with van der Waals surface area (Å²) in [5, 5.41) is 0. The Morgan fingerprint density at radius 3 is 2.55 bits per heavy atom. The van der Waals surface area contributed by atoms with E-state index < -0.39 is 0 Å². The van der Waals surface area contributed by atoms with E-state index in [0.717, 1.165) is 18.4 Å². The van der Waals surface area contributed by atoms with Gasteiger partial charge in [0, 0.05) is 6.42 Å². The topological polar surface area (TPSA) is 64.4 Å². The Bertz CT molecular complexity index is 414. The van der Waals surface area contributed by atoms with Crippen molar-refractivity contribution in [1.29, 1.82) is 0 Å². The number of hydrogen-bond acceptors (Lipinski definition) is 3. The number of carbonyl (C=O) groups is 1. The molecule has 4 nitrogen and oxygen atoms in total. The fraction of sp³-hybridized carbons (Fsp3) is 0.562. The van der Waals surface area contributed by atoms with Gasteiger partial charge in [-0.3, -0.25) is 9.63 Å². The number of nitrogens with one attached hydrogen (secondary N) is 1. The molecule has 2 rings (SSSR count). The van der Waals surface area contributed by atoms with E-state index in [0.29, 0.717) is 19.6 Å². The molecule has 1 aliphatic rings. The third kappa shape index (κ3) is 4.32. The average molecular weight is 276 g/mol. The minimum absolute atomic E-state index is 0.0154. The van der Waals surface area contributed by atoms with E-state index in [9.17, 15) is 4.79 Å². The van der Waals surface area contributed by atoms with Crippen molar-refractivity contribution in [1.82, 2.24) is 5.48 Å². The second-order valence-corrected chi connectivity index (χ2v) is 5.74. The van der Waals surface area contributed by atoms with Gasteiger partial charge in [0.05, 0.1) is 6.61 Å². The van der Waals surface area contributed by atoms with Crippen molar-refractivity contribution in [3.8, 4) is 0 Å². The van der Waals surface area contributed by atoms with Crippen LogP contribution in [0, 0.1) is 5.41 Å². The van der Waals surface area contributed by atoms with Gasteiger partial charge in [-0.05, 0) is 30.4 Å². The minimum Gasteiger partial charge on any atom is -0.330 e. The first-order valence-electron chi connectivity index (χ1n) is 7.39. The SMILES string of the molecule is NCC1(CC(=O)NOCc2ccccc2)CCCCC1. The van der Waals surface area contributed by atoms with E-state index >= 15 is 0 Å². The molecule has 0 spiro atoms. The third-order valence-corrected chi connectivity index (χ3v) is 4.15. The maximum absolute atomic E-state index is 12.0. The summed E-state index contributed by atoms with van der Waals surface area (Å²) in [4.78, 5) is 17.2. The zero-order chi connectivity index (χ0) is 14.3. The van der Waals surface area contributed by atoms with Gasteiger partial charge in [0.1, 0.15) is 0 Å². The fourth-order valence-corrected chi connectivity index (χ4v) is 2.91. The molecule has 1 fully saturated rings. The average Bonchev–Trinajstić information content (AvgIpc) is 2.49. The Morgan fingerprint density at radius 2 is 1.90 bits per heavy atom. The largest absolute Gasteiger partial charge is 0.330 e. The zero-order valence-corrected chi connectivity index (χ0v) is 11.9. The van der Waals surface area contributed by atoms with Crippen molar-refractivity contribution < 1.29 is 9.63 Å². The van der Waals surface area contributed by atoms with Gasteiger partial charge in [0.25, 0.3) is 0 Å². The lowest BCUT2D eigenvalue weighted by Crippen LogP contribution is -2.38. The molecule has 1 aromatic rings. The van der Waals surface area contributed by atoms with Gasteiger partial charge in [-0.1, -0.05) is 49.6 Å². The molecule has 0 heterocycles. The molecule has 0 radical (unpaired) electrons. The molecule has 1 amide bonds. The maximum Gasteiger partial charge on any atom is 0.244 e. The van der Waals surface area contributed by atoms with Crippen LogP contribution in [0.4, 0.5) is 0 Å². The first kappa shape index (κ1) is 15.0. The first-order chi connectivity index (χ1) is 9.74. The quantitative estimate of drug-likeness (QED) is 0.785. The van der Waals surface area contributed by atoms with Crippen molar-refractivity contribution in [3.05, 3.63) is 35.9 Å². The molecule has 1 aromatic carbocycles. The summed E-state index contributed by atoms with van der Waals surface area (Å²) in [6, 6.07) is 9.79. The lowest BCUT2D eigenvalue weighted by atomic mass is 9.72. The van der Waals surface area contributed by atoms with Crippen molar-refractivity contribution in [2.24, 2.45) is 11.1 Å². The van der Waals surface area contributed by atoms with Crippen LogP contribution in [-0.4, -0.2) is 12.5 Å². The lowest BCUT2D eigenvalue weighted by molar-refractivity contribution is -0.137. The Kier molecular flexibility index (Phi) is 5.56. The normalized spacial score (nSPS) is 17.6. The molecule has 1 aliphatic carbocycles. The maximum atomic E-state index is 12.0. The second-order valence-electron chi connectivity index (χ2n) is 5.74. The van der Waals surface area contributed by atoms with Crippen molar-refractivity contribution in [3.63, 3.8) is 0 Å². The summed E-state index contributed by atoms with van der Waals surface area (Å²) in [5.41, 5.74) is 9.45. The van der Waals surface area contributed by atoms with Crippen LogP contribution in [0.15, 0.2) is 30.3 Å². The van der Waals surface area contributed by atoms with Crippen LogP contribution in [0.5, 0.6) is 0 Å². The molecule has 3 N–H and O–H groups in total. The Morgan fingerprint density at radius 1 is 1.20 bits per heavy atom. The van der Waals surface area contributed by atoms with Crippen LogP contribution in [0.2, 0.25) is 0 Å². The smallest absolute Gasteiger partial charge is 0.244 e. The van der Waals surface area contributed by atoms with E-state index in [-0.39, 0.29) is 11.3 Å². The summed E-state index contributed by atoms with van der Waals surface area (Å²) in [7, 11) is 0. The molecule has 0 bridgehead atoms. The van der Waals surface area contributed by atoms with Gasteiger partial charge in [-0.25, -0.2) is 5.48 Å². The van der Waals surface area contributed by atoms with Crippen LogP contribution in [0.25, 0.3) is 0 Å². The van der Waals surface area contributed by atoms with E-state index in [1.807, 2.05) is 30.3 Å². The molecule has 0 unspecified atom stereocenters. The molecular formula is C16H24N2O2. The first-order valence-corrected chi connectivity index (χ1v) is 7.39. The standard InChI is InChI=1S/C16H24N2O2/c17-13-16(9-5-2-6-10-16)11-15(19)18-20-12-14-7-3-1-4-8-14/h1,3-4,7-8H,2,5-6,9-13,17H2,(H,18,19). The number of nitrogens with two attached hydrogens (primary N) is 1. The van der Waals surface area contributed by atoms with E-state index in [2.05, 4.69) is 5.48 Å². The third-order valence-electron chi connectivity index (χ3n) is 4.15. The number of carbonyl (C=O) groups excluding carboxylic acids is 1. The van der Waals surface area contributed by atoms with Crippen molar-refractivity contribution in [2.45, 2.75) is 45.1 Å². The molecule has 0 aromatic heterocycles. The molecular weight excluding hydrogens is 252 g/mol. The highest BCUT2D eigenvalue weighted by atomic mass is 16.6. The van der Waals surface area contributed by atoms with Crippen LogP contribution in [-0.2, 0) is 16.2 Å². The van der Waals surface area contributed by atoms with E-state index in [1.54, 1.807) is 0 Å². The van der Waals surface area contributed by atoms with E-state index in [4.69, 9.17) is 10.6 Å². The molecule has 0 saturated heterocycles. The Hall–Kier alpha value is -1.39. The number of amides is 1. The van der Waals surface area contributed by atoms with Crippen LogP contribution in [0.1, 0.15) is 44.1 Å². The number of hydrogen-bond donors (Lipinski definition) is 2. The molecule has 0 atom stereocenters. The van der Waals surface area contributed by atoms with Gasteiger partial charge in [0.2, 0.25) is 5.91 Å². The Balaban J connectivity index is 1.74. The van der Waals surface area contributed by atoms with Crippen LogP contribution in [0.3, 0.4) is 0 Å². The van der Waals surface area contributed by atoms with Crippen LogP contribution >= 0.6 is 0 Å². The van der Waals surface area contributed by atoms with Gasteiger partial charge in [-0.15, -0.1) is 0 Å². The summed E-state index contributed by atoms with van der Waals surface area (Å²) in [6.45, 7) is 0.974. The Labute approximate surface area is 120 Å². The summed E-state index contributed by atoms with van der Waals surface area (Å²) >= 11 is 0. The highest BCUT2D eigenvalue weighted by Gasteiger charge is 2.32. The number of rotatable bonds is 6. The monoisotopic (exact) mass is 276 g/mol. The zero-order valence-electron chi connectivity index (χ0n) is 11.9. The molecule has 110 valence electrons. The summed E-state index contributed by atoms with van der Waals surface area (Å²) in [5.74, 6) is -0.0618.